The Labute approximate surface area is 192 Å². The van der Waals surface area contributed by atoms with E-state index in [2.05, 4.69) is 19.9 Å². The van der Waals surface area contributed by atoms with Crippen LogP contribution in [0.2, 0.25) is 0 Å². The van der Waals surface area contributed by atoms with Crippen molar-refractivity contribution in [3.8, 4) is 17.4 Å². The van der Waals surface area contributed by atoms with Crippen LogP contribution in [0, 0.1) is 11.6 Å². The summed E-state index contributed by atoms with van der Waals surface area (Å²) in [6.07, 6.45) is 9.37. The van der Waals surface area contributed by atoms with Gasteiger partial charge in [0.15, 0.2) is 23.2 Å². The molecule has 0 bridgehead atoms. The number of anilines is 1. The average Bonchev–Trinajstić information content (AvgIpc) is 2.84. The molecule has 1 atom stereocenters. The number of aromatic nitrogens is 4. The quantitative estimate of drug-likeness (QED) is 0.484. The summed E-state index contributed by atoms with van der Waals surface area (Å²) in [6.45, 7) is 3.59. The van der Waals surface area contributed by atoms with Crippen molar-refractivity contribution in [2.45, 2.75) is 45.1 Å². The molecule has 3 aromatic rings. The molecule has 0 fully saturated rings. The molecular weight excluding hydrogens is 426 g/mol. The van der Waals surface area contributed by atoms with Gasteiger partial charge in [0, 0.05) is 54.9 Å². The molecule has 1 aliphatic heterocycles. The number of halogens is 2. The lowest BCUT2D eigenvalue weighted by Crippen LogP contribution is -2.35. The molecule has 0 radical (unpaired) electrons. The minimum atomic E-state index is -0.957. The van der Waals surface area contributed by atoms with Crippen LogP contribution in [0.4, 0.5) is 14.5 Å². The fourth-order valence-corrected chi connectivity index (χ4v) is 4.04. The first kappa shape index (κ1) is 23.0. The number of ether oxygens (including phenoxy) is 1. The molecule has 1 aliphatic rings. The second-order valence-corrected chi connectivity index (χ2v) is 8.08. The second-order valence-electron chi connectivity index (χ2n) is 8.08. The number of fused-ring (bicyclic) bond motifs is 1. The first-order valence-electron chi connectivity index (χ1n) is 11.3. The van der Waals surface area contributed by atoms with Crippen LogP contribution in [-0.4, -0.2) is 39.6 Å². The molecule has 0 amide bonds. The van der Waals surface area contributed by atoms with E-state index in [9.17, 15) is 8.78 Å². The smallest absolute Gasteiger partial charge is 0.200 e. The van der Waals surface area contributed by atoms with E-state index in [0.29, 0.717) is 43.5 Å². The maximum absolute atomic E-state index is 14.4. The zero-order valence-electron chi connectivity index (χ0n) is 18.7. The third-order valence-corrected chi connectivity index (χ3v) is 5.84. The van der Waals surface area contributed by atoms with Gasteiger partial charge in [0.1, 0.15) is 0 Å². The minimum Gasteiger partial charge on any atom is -0.490 e. The summed E-state index contributed by atoms with van der Waals surface area (Å²) in [6, 6.07) is 4.42. The van der Waals surface area contributed by atoms with Crippen molar-refractivity contribution in [2.75, 3.05) is 24.6 Å². The zero-order valence-corrected chi connectivity index (χ0v) is 18.7. The van der Waals surface area contributed by atoms with Crippen LogP contribution in [0.3, 0.4) is 0 Å². The Kier molecular flexibility index (Phi) is 7.39. The summed E-state index contributed by atoms with van der Waals surface area (Å²) in [4.78, 5) is 19.5. The van der Waals surface area contributed by atoms with Crippen molar-refractivity contribution in [3.63, 3.8) is 0 Å². The number of nitrogens with two attached hydrogens (primary N) is 1. The van der Waals surface area contributed by atoms with E-state index in [1.165, 1.54) is 6.07 Å². The highest BCUT2D eigenvalue weighted by atomic mass is 19.2. The Hall–Kier alpha value is -3.20. The predicted molar refractivity (Wildman–Crippen MR) is 122 cm³/mol. The molecular formula is C24H28F2N6O. The molecule has 0 spiro atoms. The Morgan fingerprint density at radius 3 is 2.64 bits per heavy atom. The monoisotopic (exact) mass is 454 g/mol. The molecule has 3 heterocycles. The van der Waals surface area contributed by atoms with Gasteiger partial charge >= 0.3 is 0 Å². The number of hydrogen-bond donors (Lipinski definition) is 1. The number of benzene rings is 1. The van der Waals surface area contributed by atoms with E-state index in [4.69, 9.17) is 10.5 Å². The molecule has 0 aliphatic carbocycles. The third kappa shape index (κ3) is 5.24. The molecule has 174 valence electrons. The Balaban J connectivity index is 1.50. The Morgan fingerprint density at radius 2 is 1.85 bits per heavy atom. The standard InChI is InChI=1S/C24H28F2N6O/c1-16-18-15-30-24(23-28-9-6-10-29-23)31-20(18)7-11-32(16)17-13-19(25)22(26)21(14-17)33-12-5-3-2-4-8-27/h6,9-10,13-16H,2-5,7-8,11-12,27H2,1H3. The first-order chi connectivity index (χ1) is 16.1. The summed E-state index contributed by atoms with van der Waals surface area (Å²) >= 11 is 0. The molecule has 33 heavy (non-hydrogen) atoms. The second kappa shape index (κ2) is 10.6. The molecule has 4 rings (SSSR count). The fourth-order valence-electron chi connectivity index (χ4n) is 4.04. The van der Waals surface area contributed by atoms with Crippen molar-refractivity contribution >= 4 is 5.69 Å². The topological polar surface area (TPSA) is 90.0 Å². The number of nitrogens with zero attached hydrogens (tertiary/aromatic N) is 5. The summed E-state index contributed by atoms with van der Waals surface area (Å²) in [7, 11) is 0. The highest BCUT2D eigenvalue weighted by Crippen LogP contribution is 2.36. The lowest BCUT2D eigenvalue weighted by atomic mass is 9.98. The number of rotatable bonds is 9. The molecule has 1 unspecified atom stereocenters. The van der Waals surface area contributed by atoms with E-state index in [1.54, 1.807) is 30.7 Å². The van der Waals surface area contributed by atoms with Crippen LogP contribution in [0.15, 0.2) is 36.8 Å². The lowest BCUT2D eigenvalue weighted by Gasteiger charge is -2.36. The average molecular weight is 455 g/mol. The summed E-state index contributed by atoms with van der Waals surface area (Å²) in [5.74, 6) is -0.988. The molecule has 0 saturated carbocycles. The predicted octanol–water partition coefficient (Wildman–Crippen LogP) is 4.23. The maximum atomic E-state index is 14.4. The molecule has 2 N–H and O–H groups in total. The maximum Gasteiger partial charge on any atom is 0.200 e. The molecule has 1 aromatic carbocycles. The van der Waals surface area contributed by atoms with Crippen molar-refractivity contribution < 1.29 is 13.5 Å². The largest absolute Gasteiger partial charge is 0.490 e. The highest BCUT2D eigenvalue weighted by Gasteiger charge is 2.28. The van der Waals surface area contributed by atoms with Gasteiger partial charge in [-0.15, -0.1) is 0 Å². The van der Waals surface area contributed by atoms with Crippen molar-refractivity contribution in [1.29, 1.82) is 0 Å². The van der Waals surface area contributed by atoms with Gasteiger partial charge in [-0.1, -0.05) is 12.8 Å². The lowest BCUT2D eigenvalue weighted by molar-refractivity contribution is 0.285. The number of hydrogen-bond acceptors (Lipinski definition) is 7. The van der Waals surface area contributed by atoms with Gasteiger partial charge in [-0.05, 0) is 32.4 Å². The van der Waals surface area contributed by atoms with Crippen LogP contribution in [0.1, 0.15) is 49.9 Å². The third-order valence-electron chi connectivity index (χ3n) is 5.84. The van der Waals surface area contributed by atoms with Crippen LogP contribution >= 0.6 is 0 Å². The van der Waals surface area contributed by atoms with E-state index in [-0.39, 0.29) is 11.8 Å². The van der Waals surface area contributed by atoms with E-state index in [1.807, 2.05) is 11.8 Å². The molecule has 9 heteroatoms. The van der Waals surface area contributed by atoms with Gasteiger partial charge in [-0.3, -0.25) is 0 Å². The van der Waals surface area contributed by atoms with E-state index < -0.39 is 11.6 Å². The van der Waals surface area contributed by atoms with Gasteiger partial charge < -0.3 is 15.4 Å². The van der Waals surface area contributed by atoms with Crippen molar-refractivity contribution in [3.05, 3.63) is 59.7 Å². The summed E-state index contributed by atoms with van der Waals surface area (Å²) in [5.41, 5.74) is 7.91. The van der Waals surface area contributed by atoms with Gasteiger partial charge in [0.2, 0.25) is 5.82 Å². The van der Waals surface area contributed by atoms with Gasteiger partial charge in [-0.2, -0.15) is 4.39 Å². The van der Waals surface area contributed by atoms with Crippen LogP contribution in [-0.2, 0) is 6.42 Å². The molecule has 0 saturated heterocycles. The minimum absolute atomic E-state index is 0.0605. The number of unbranched alkanes of at least 4 members (excludes halogenated alkanes) is 3. The van der Waals surface area contributed by atoms with Crippen molar-refractivity contribution in [2.24, 2.45) is 5.73 Å². The van der Waals surface area contributed by atoms with Gasteiger partial charge in [0.25, 0.3) is 0 Å². The molecule has 2 aromatic heterocycles. The van der Waals surface area contributed by atoms with Crippen molar-refractivity contribution in [1.82, 2.24) is 19.9 Å². The van der Waals surface area contributed by atoms with Crippen LogP contribution < -0.4 is 15.4 Å². The summed E-state index contributed by atoms with van der Waals surface area (Å²) in [5, 5.41) is 0. The van der Waals surface area contributed by atoms with E-state index >= 15 is 0 Å². The first-order valence-corrected chi connectivity index (χ1v) is 11.3. The highest BCUT2D eigenvalue weighted by molar-refractivity contribution is 5.55. The zero-order chi connectivity index (χ0) is 23.2. The fraction of sp³-hybridized carbons (Fsp3) is 0.417. The molecule has 7 nitrogen and oxygen atoms in total. The van der Waals surface area contributed by atoms with Crippen LogP contribution in [0.5, 0.6) is 5.75 Å². The van der Waals surface area contributed by atoms with E-state index in [0.717, 1.165) is 36.9 Å². The normalized spacial score (nSPS) is 15.4. The van der Waals surface area contributed by atoms with Gasteiger partial charge in [-0.25, -0.2) is 24.3 Å². The summed E-state index contributed by atoms with van der Waals surface area (Å²) < 4.78 is 34.3. The SMILES string of the molecule is CC1c2cnc(-c3ncccn3)nc2CCN1c1cc(F)c(F)c(OCCCCCCN)c1. The Morgan fingerprint density at radius 1 is 1.06 bits per heavy atom. The van der Waals surface area contributed by atoms with Gasteiger partial charge in [0.05, 0.1) is 18.3 Å². The van der Waals surface area contributed by atoms with Crippen LogP contribution in [0.25, 0.3) is 11.6 Å². The Bertz CT molecular complexity index is 1080.